The maximum Gasteiger partial charge on any atom is 0.299 e. The molecule has 0 aliphatic carbocycles. The van der Waals surface area contributed by atoms with Crippen LogP contribution in [0, 0.1) is 0 Å². The number of amides is 1. The van der Waals surface area contributed by atoms with Gasteiger partial charge in [-0.05, 0) is 18.2 Å². The van der Waals surface area contributed by atoms with Crippen molar-refractivity contribution in [2.24, 2.45) is 0 Å². The number of hydrazine groups is 1. The predicted molar refractivity (Wildman–Crippen MR) is 111 cm³/mol. The van der Waals surface area contributed by atoms with Gasteiger partial charge in [-0.25, -0.2) is 5.01 Å². The van der Waals surface area contributed by atoms with Gasteiger partial charge in [0.2, 0.25) is 0 Å². The fourth-order valence-corrected chi connectivity index (χ4v) is 3.89. The number of hydrogen-bond acceptors (Lipinski definition) is 6. The lowest BCUT2D eigenvalue weighted by Crippen LogP contribution is -2.53. The van der Waals surface area contributed by atoms with Crippen molar-refractivity contribution >= 4 is 17.4 Å². The lowest BCUT2D eigenvalue weighted by molar-refractivity contribution is -0.114. The van der Waals surface area contributed by atoms with E-state index >= 15 is 0 Å². The van der Waals surface area contributed by atoms with Crippen molar-refractivity contribution in [3.05, 3.63) is 59.7 Å². The van der Waals surface area contributed by atoms with E-state index in [4.69, 9.17) is 4.74 Å². The molecule has 0 bridgehead atoms. The van der Waals surface area contributed by atoms with Crippen molar-refractivity contribution in [3.63, 3.8) is 0 Å². The van der Waals surface area contributed by atoms with Crippen LogP contribution in [0.4, 0.5) is 5.69 Å². The summed E-state index contributed by atoms with van der Waals surface area (Å²) < 4.78 is 5.40. The quantitative estimate of drug-likeness (QED) is 0.719. The van der Waals surface area contributed by atoms with Crippen molar-refractivity contribution in [2.45, 2.75) is 6.54 Å². The maximum absolute atomic E-state index is 12.3. The zero-order chi connectivity index (χ0) is 20.2. The molecule has 0 unspecified atom stereocenters. The van der Waals surface area contributed by atoms with E-state index in [2.05, 4.69) is 21.4 Å². The average Bonchev–Trinajstić information content (AvgIpc) is 3.02. The molecule has 2 aromatic rings. The van der Waals surface area contributed by atoms with Crippen molar-refractivity contribution in [2.75, 3.05) is 51.3 Å². The van der Waals surface area contributed by atoms with Gasteiger partial charge >= 0.3 is 0 Å². The number of ether oxygens (including phenoxy) is 1. The minimum Gasteiger partial charge on any atom is -0.496 e. The first-order chi connectivity index (χ1) is 14.2. The first-order valence-electron chi connectivity index (χ1n) is 9.95. The van der Waals surface area contributed by atoms with Crippen molar-refractivity contribution in [3.8, 4) is 5.75 Å². The van der Waals surface area contributed by atoms with Gasteiger partial charge in [0, 0.05) is 51.4 Å². The van der Waals surface area contributed by atoms with E-state index in [0.717, 1.165) is 56.3 Å². The number of rotatable bonds is 7. The highest BCUT2D eigenvalue weighted by atomic mass is 16.5. The number of fused-ring (bicyclic) bond motifs is 1. The van der Waals surface area contributed by atoms with Gasteiger partial charge in [-0.2, -0.15) is 0 Å². The Balaban J connectivity index is 1.25. The van der Waals surface area contributed by atoms with Gasteiger partial charge in [-0.15, -0.1) is 0 Å². The van der Waals surface area contributed by atoms with E-state index < -0.39 is 11.7 Å². The molecule has 0 spiro atoms. The molecule has 29 heavy (non-hydrogen) atoms. The standard InChI is InChI=1S/C22H26N4O3/c1-29-20-9-5-2-6-17(20)16-23-25-13-10-24(11-14-25)12-15-26-19-8-4-3-7-18(19)21(27)22(26)28/h2-9,23H,10-16H2,1H3. The highest BCUT2D eigenvalue weighted by Crippen LogP contribution is 2.28. The van der Waals surface area contributed by atoms with E-state index in [1.807, 2.05) is 30.3 Å². The Morgan fingerprint density at radius 2 is 1.66 bits per heavy atom. The molecule has 0 saturated carbocycles. The summed E-state index contributed by atoms with van der Waals surface area (Å²) >= 11 is 0. The molecule has 7 heteroatoms. The van der Waals surface area contributed by atoms with Gasteiger partial charge in [-0.1, -0.05) is 30.3 Å². The van der Waals surface area contributed by atoms with Gasteiger partial charge in [-0.3, -0.25) is 19.9 Å². The Bertz CT molecular complexity index is 893. The number of piperazine rings is 1. The molecule has 1 amide bonds. The number of nitrogens with one attached hydrogen (secondary N) is 1. The third-order valence-electron chi connectivity index (χ3n) is 5.58. The Morgan fingerprint density at radius 1 is 0.931 bits per heavy atom. The number of methoxy groups -OCH3 is 1. The second kappa shape index (κ2) is 8.73. The number of ketones is 1. The van der Waals surface area contributed by atoms with E-state index in [1.165, 1.54) is 0 Å². The Labute approximate surface area is 170 Å². The number of benzene rings is 2. The van der Waals surface area contributed by atoms with E-state index in [-0.39, 0.29) is 0 Å². The van der Waals surface area contributed by atoms with Crippen LogP contribution in [-0.4, -0.2) is 68.0 Å². The van der Waals surface area contributed by atoms with E-state index in [9.17, 15) is 9.59 Å². The van der Waals surface area contributed by atoms with Crippen LogP contribution < -0.4 is 15.1 Å². The molecule has 0 atom stereocenters. The number of Topliss-reactive ketones (excluding diaryl/α,β-unsaturated/α-hetero) is 1. The summed E-state index contributed by atoms with van der Waals surface area (Å²) in [4.78, 5) is 28.3. The number of anilines is 1. The number of carbonyl (C=O) groups excluding carboxylic acids is 2. The normalized spacial score (nSPS) is 17.6. The van der Waals surface area contributed by atoms with Crippen molar-refractivity contribution in [1.29, 1.82) is 0 Å². The minimum atomic E-state index is -0.414. The third-order valence-corrected chi connectivity index (χ3v) is 5.58. The Kier molecular flexibility index (Phi) is 5.89. The fourth-order valence-electron chi connectivity index (χ4n) is 3.89. The molecule has 4 rings (SSSR count). The maximum atomic E-state index is 12.3. The average molecular weight is 394 g/mol. The Morgan fingerprint density at radius 3 is 2.45 bits per heavy atom. The van der Waals surface area contributed by atoms with Gasteiger partial charge in [0.05, 0.1) is 18.4 Å². The Hall–Kier alpha value is -2.74. The number of nitrogens with zero attached hydrogens (tertiary/aromatic N) is 3. The fraction of sp³-hybridized carbons (Fsp3) is 0.364. The topological polar surface area (TPSA) is 65.1 Å². The number of carbonyl (C=O) groups is 2. The van der Waals surface area contributed by atoms with E-state index in [0.29, 0.717) is 12.1 Å². The van der Waals surface area contributed by atoms with Crippen LogP contribution in [0.5, 0.6) is 5.75 Å². The van der Waals surface area contributed by atoms with Crippen molar-refractivity contribution in [1.82, 2.24) is 15.3 Å². The molecule has 2 aliphatic rings. The molecule has 1 N–H and O–H groups in total. The number of hydrogen-bond donors (Lipinski definition) is 1. The smallest absolute Gasteiger partial charge is 0.299 e. The largest absolute Gasteiger partial charge is 0.496 e. The molecule has 1 saturated heterocycles. The molecular formula is C22H26N4O3. The molecule has 0 radical (unpaired) electrons. The molecule has 2 aromatic carbocycles. The zero-order valence-corrected chi connectivity index (χ0v) is 16.6. The minimum absolute atomic E-state index is 0.397. The number of para-hydroxylation sites is 2. The molecule has 1 fully saturated rings. The zero-order valence-electron chi connectivity index (χ0n) is 16.6. The molecular weight excluding hydrogens is 368 g/mol. The van der Waals surface area contributed by atoms with E-state index in [1.54, 1.807) is 24.1 Å². The lowest BCUT2D eigenvalue weighted by Gasteiger charge is -2.35. The predicted octanol–water partition coefficient (Wildman–Crippen LogP) is 1.55. The summed E-state index contributed by atoms with van der Waals surface area (Å²) in [7, 11) is 1.69. The van der Waals surface area contributed by atoms with Crippen LogP contribution >= 0.6 is 0 Å². The second-order valence-corrected chi connectivity index (χ2v) is 7.28. The highest BCUT2D eigenvalue weighted by Gasteiger charge is 2.35. The monoisotopic (exact) mass is 394 g/mol. The molecule has 2 heterocycles. The van der Waals surface area contributed by atoms with Crippen LogP contribution in [0.25, 0.3) is 0 Å². The first kappa shape index (κ1) is 19.6. The van der Waals surface area contributed by atoms with Gasteiger partial charge in [0.1, 0.15) is 5.75 Å². The summed E-state index contributed by atoms with van der Waals surface area (Å²) in [5.41, 5.74) is 5.86. The van der Waals surface area contributed by atoms with Crippen LogP contribution in [0.3, 0.4) is 0 Å². The lowest BCUT2D eigenvalue weighted by atomic mass is 10.1. The van der Waals surface area contributed by atoms with Crippen molar-refractivity contribution < 1.29 is 14.3 Å². The summed E-state index contributed by atoms with van der Waals surface area (Å²) in [6.07, 6.45) is 0. The third kappa shape index (κ3) is 4.17. The summed E-state index contributed by atoms with van der Waals surface area (Å²) in [5.74, 6) is 0.0815. The highest BCUT2D eigenvalue weighted by molar-refractivity contribution is 6.52. The summed E-state index contributed by atoms with van der Waals surface area (Å²) in [6.45, 7) is 5.65. The summed E-state index contributed by atoms with van der Waals surface area (Å²) in [5, 5.41) is 2.22. The second-order valence-electron chi connectivity index (χ2n) is 7.28. The molecule has 0 aromatic heterocycles. The van der Waals surface area contributed by atoms with Gasteiger partial charge in [0.25, 0.3) is 11.7 Å². The molecule has 2 aliphatic heterocycles. The molecule has 152 valence electrons. The van der Waals surface area contributed by atoms with Crippen LogP contribution in [-0.2, 0) is 11.3 Å². The van der Waals surface area contributed by atoms with Crippen LogP contribution in [0.15, 0.2) is 48.5 Å². The van der Waals surface area contributed by atoms with Crippen LogP contribution in [0.2, 0.25) is 0 Å². The first-order valence-corrected chi connectivity index (χ1v) is 9.95. The van der Waals surface area contributed by atoms with Crippen LogP contribution in [0.1, 0.15) is 15.9 Å². The SMILES string of the molecule is COc1ccccc1CNN1CCN(CCN2C(=O)C(=O)c3ccccc32)CC1. The summed E-state index contributed by atoms with van der Waals surface area (Å²) in [6, 6.07) is 15.2. The van der Waals surface area contributed by atoms with Gasteiger partial charge in [0.15, 0.2) is 0 Å². The van der Waals surface area contributed by atoms with Gasteiger partial charge < -0.3 is 9.64 Å². The molecule has 7 nitrogen and oxygen atoms in total.